The van der Waals surface area contributed by atoms with Gasteiger partial charge < -0.3 is 10.1 Å². The van der Waals surface area contributed by atoms with Gasteiger partial charge in [-0.15, -0.1) is 0 Å². The molecule has 0 atom stereocenters. The number of hydrogen-bond acceptors (Lipinski definition) is 7. The van der Waals surface area contributed by atoms with Crippen molar-refractivity contribution in [2.24, 2.45) is 0 Å². The summed E-state index contributed by atoms with van der Waals surface area (Å²) in [7, 11) is -3.60. The van der Waals surface area contributed by atoms with Crippen molar-refractivity contribution in [3.05, 3.63) is 94.6 Å². The number of anilines is 1. The Labute approximate surface area is 246 Å². The monoisotopic (exact) mass is 583 g/mol. The smallest absolute Gasteiger partial charge is 0.423 e. The molecule has 224 valence electrons. The molecule has 0 aromatic heterocycles. The summed E-state index contributed by atoms with van der Waals surface area (Å²) in [6, 6.07) is 14.1. The van der Waals surface area contributed by atoms with Gasteiger partial charge in [0.25, 0.3) is 0 Å². The van der Waals surface area contributed by atoms with Crippen LogP contribution in [0.1, 0.15) is 83.1 Å². The van der Waals surface area contributed by atoms with Crippen LogP contribution >= 0.6 is 7.82 Å². The summed E-state index contributed by atoms with van der Waals surface area (Å²) in [6.45, 7) is 13.1. The number of rotatable bonds is 18. The fourth-order valence-corrected chi connectivity index (χ4v) is 5.05. The number of phosphoric ester groups is 1. The van der Waals surface area contributed by atoms with Gasteiger partial charge in [0, 0.05) is 12.2 Å². The summed E-state index contributed by atoms with van der Waals surface area (Å²) in [6.07, 6.45) is 11.0. The Bertz CT molecular complexity index is 1220. The van der Waals surface area contributed by atoms with E-state index >= 15 is 0 Å². The molecule has 0 radical (unpaired) electrons. The quantitative estimate of drug-likeness (QED) is 0.0810. The van der Waals surface area contributed by atoms with Crippen molar-refractivity contribution in [3.63, 3.8) is 0 Å². The molecule has 41 heavy (non-hydrogen) atoms. The molecule has 0 saturated heterocycles. The largest absolute Gasteiger partial charge is 0.475 e. The summed E-state index contributed by atoms with van der Waals surface area (Å²) < 4.78 is 33.8. The average Bonchev–Trinajstić information content (AvgIpc) is 2.93. The molecule has 0 aliphatic heterocycles. The van der Waals surface area contributed by atoms with Crippen molar-refractivity contribution in [2.45, 2.75) is 73.8 Å². The lowest BCUT2D eigenvalue weighted by Gasteiger charge is -2.16. The van der Waals surface area contributed by atoms with Crippen LogP contribution in [0.25, 0.3) is 0 Å². The van der Waals surface area contributed by atoms with Gasteiger partial charge in [0.1, 0.15) is 5.75 Å². The standard InChI is InChI=1S/C33H46NO6P/c1-7-37-41(36,38-8-2)39-25-29-19-21-30(22-20-29)40-33(35)31-17-9-10-18-32(31)34-24-23-28(6)16-12-15-27(5)14-11-13-26(3)4/h9-10,13,15,17-23,34H,7-8,11-12,14,16,24-25H2,1-6H3/b27-15+,28-23+. The van der Waals surface area contributed by atoms with Gasteiger partial charge in [-0.2, -0.15) is 0 Å². The van der Waals surface area contributed by atoms with Gasteiger partial charge >= 0.3 is 13.8 Å². The third-order valence-corrected chi connectivity index (χ3v) is 7.70. The van der Waals surface area contributed by atoms with E-state index in [2.05, 4.69) is 51.2 Å². The zero-order valence-corrected chi connectivity index (χ0v) is 26.3. The van der Waals surface area contributed by atoms with E-state index in [1.807, 2.05) is 18.2 Å². The Balaban J connectivity index is 1.89. The van der Waals surface area contributed by atoms with E-state index in [4.69, 9.17) is 18.3 Å². The first kappa shape index (κ1) is 34.2. The first-order valence-corrected chi connectivity index (χ1v) is 15.7. The Hall–Kier alpha value is -2.96. The van der Waals surface area contributed by atoms with Gasteiger partial charge in [-0.1, -0.05) is 59.2 Å². The first-order chi connectivity index (χ1) is 19.7. The molecule has 0 heterocycles. The molecule has 0 amide bonds. The molecule has 8 heteroatoms. The van der Waals surface area contributed by atoms with Crippen molar-refractivity contribution in [1.29, 1.82) is 0 Å². The number of hydrogen-bond donors (Lipinski definition) is 1. The van der Waals surface area contributed by atoms with Crippen molar-refractivity contribution in [2.75, 3.05) is 25.1 Å². The predicted molar refractivity (Wildman–Crippen MR) is 167 cm³/mol. The first-order valence-electron chi connectivity index (χ1n) is 14.3. The van der Waals surface area contributed by atoms with Crippen molar-refractivity contribution < 1.29 is 27.7 Å². The molecule has 0 aliphatic rings. The second kappa shape index (κ2) is 18.5. The van der Waals surface area contributed by atoms with E-state index in [9.17, 15) is 9.36 Å². The predicted octanol–water partition coefficient (Wildman–Crippen LogP) is 9.43. The minimum atomic E-state index is -3.60. The highest BCUT2D eigenvalue weighted by molar-refractivity contribution is 7.48. The molecule has 0 aliphatic carbocycles. The highest BCUT2D eigenvalue weighted by atomic mass is 31.2. The zero-order valence-electron chi connectivity index (χ0n) is 25.4. The molecule has 2 aromatic rings. The van der Waals surface area contributed by atoms with E-state index in [0.29, 0.717) is 23.5 Å². The molecule has 7 nitrogen and oxygen atoms in total. The van der Waals surface area contributed by atoms with Crippen LogP contribution in [0, 0.1) is 0 Å². The molecule has 2 rings (SSSR count). The molecule has 0 bridgehead atoms. The number of carbonyl (C=O) groups is 1. The summed E-state index contributed by atoms with van der Waals surface area (Å²) in [5.74, 6) is -0.0602. The summed E-state index contributed by atoms with van der Waals surface area (Å²) in [5, 5.41) is 3.34. The Morgan fingerprint density at radius 3 is 2.05 bits per heavy atom. The number of phosphoric acid groups is 1. The summed E-state index contributed by atoms with van der Waals surface area (Å²) in [5.41, 5.74) is 6.00. The van der Waals surface area contributed by atoms with Crippen molar-refractivity contribution >= 4 is 19.5 Å². The lowest BCUT2D eigenvalue weighted by molar-refractivity contribution is 0.0735. The number of carbonyl (C=O) groups excluding carboxylic acids is 1. The highest BCUT2D eigenvalue weighted by Gasteiger charge is 2.25. The van der Waals surface area contributed by atoms with Gasteiger partial charge in [0.15, 0.2) is 0 Å². The fourth-order valence-electron chi connectivity index (χ4n) is 3.89. The molecule has 0 spiro atoms. The summed E-state index contributed by atoms with van der Waals surface area (Å²) in [4.78, 5) is 13.0. The van der Waals surface area contributed by atoms with Crippen molar-refractivity contribution in [1.82, 2.24) is 0 Å². The zero-order chi connectivity index (χ0) is 30.1. The molecule has 1 N–H and O–H groups in total. The van der Waals surface area contributed by atoms with E-state index in [1.165, 1.54) is 16.7 Å². The number of benzene rings is 2. The van der Waals surface area contributed by atoms with Crippen LogP contribution < -0.4 is 10.1 Å². The third kappa shape index (κ3) is 13.5. The topological polar surface area (TPSA) is 83.1 Å². The lowest BCUT2D eigenvalue weighted by Crippen LogP contribution is -2.12. The molecule has 0 fully saturated rings. The number of ether oxygens (including phenoxy) is 1. The van der Waals surface area contributed by atoms with Gasteiger partial charge in [-0.25, -0.2) is 9.36 Å². The maximum Gasteiger partial charge on any atom is 0.475 e. The van der Waals surface area contributed by atoms with Crippen LogP contribution in [-0.4, -0.2) is 25.7 Å². The number of esters is 1. The Morgan fingerprint density at radius 1 is 0.805 bits per heavy atom. The van der Waals surface area contributed by atoms with Crippen LogP contribution in [0.5, 0.6) is 5.75 Å². The van der Waals surface area contributed by atoms with Crippen LogP contribution in [0.2, 0.25) is 0 Å². The van der Waals surface area contributed by atoms with Gasteiger partial charge in [0.2, 0.25) is 0 Å². The lowest BCUT2D eigenvalue weighted by atomic mass is 10.1. The molecule has 0 unspecified atom stereocenters. The second-order valence-electron chi connectivity index (χ2n) is 9.98. The minimum absolute atomic E-state index is 0.0391. The Kier molecular flexibility index (Phi) is 15.4. The van der Waals surface area contributed by atoms with E-state index < -0.39 is 13.8 Å². The highest BCUT2D eigenvalue weighted by Crippen LogP contribution is 2.49. The van der Waals surface area contributed by atoms with Crippen LogP contribution in [0.15, 0.2) is 83.5 Å². The number of nitrogens with one attached hydrogen (secondary N) is 1. The average molecular weight is 584 g/mol. The van der Waals surface area contributed by atoms with Crippen LogP contribution in [0.3, 0.4) is 0 Å². The number of allylic oxidation sites excluding steroid dienone is 5. The van der Waals surface area contributed by atoms with Crippen LogP contribution in [0.4, 0.5) is 5.69 Å². The molecule has 0 saturated carbocycles. The normalized spacial score (nSPS) is 12.2. The SMILES string of the molecule is CCOP(=O)(OCC)OCc1ccc(OC(=O)c2ccccc2NC/C=C(\C)CC/C=C(\C)CCC=C(C)C)cc1. The van der Waals surface area contributed by atoms with Crippen LogP contribution in [-0.2, 0) is 24.7 Å². The fraction of sp³-hybridized carbons (Fsp3) is 0.424. The van der Waals surface area contributed by atoms with E-state index in [-0.39, 0.29) is 19.8 Å². The van der Waals surface area contributed by atoms with Gasteiger partial charge in [-0.05, 0) is 97.1 Å². The molecule has 2 aromatic carbocycles. The summed E-state index contributed by atoms with van der Waals surface area (Å²) >= 11 is 0. The van der Waals surface area contributed by atoms with E-state index in [0.717, 1.165) is 31.2 Å². The van der Waals surface area contributed by atoms with E-state index in [1.54, 1.807) is 44.2 Å². The maximum atomic E-state index is 13.0. The minimum Gasteiger partial charge on any atom is -0.423 e. The third-order valence-electron chi connectivity index (χ3n) is 6.11. The van der Waals surface area contributed by atoms with Gasteiger partial charge in [0.05, 0.1) is 25.4 Å². The maximum absolute atomic E-state index is 13.0. The van der Waals surface area contributed by atoms with Crippen molar-refractivity contribution in [3.8, 4) is 5.75 Å². The molecular formula is C33H46NO6P. The number of para-hydroxylation sites is 1. The van der Waals surface area contributed by atoms with Gasteiger partial charge in [-0.3, -0.25) is 13.6 Å². The second-order valence-corrected chi connectivity index (χ2v) is 11.6. The molecular weight excluding hydrogens is 537 g/mol. The Morgan fingerprint density at radius 2 is 1.41 bits per heavy atom.